The molecule has 3 N–H and O–H groups in total. The highest BCUT2D eigenvalue weighted by Crippen LogP contribution is 2.16. The van der Waals surface area contributed by atoms with Gasteiger partial charge in [0.25, 0.3) is 5.91 Å². The zero-order valence-corrected chi connectivity index (χ0v) is 16.4. The van der Waals surface area contributed by atoms with Gasteiger partial charge >= 0.3 is 6.03 Å². The quantitative estimate of drug-likeness (QED) is 0.529. The van der Waals surface area contributed by atoms with Gasteiger partial charge in [-0.25, -0.2) is 4.79 Å². The molecule has 3 aromatic carbocycles. The van der Waals surface area contributed by atoms with Crippen LogP contribution >= 0.6 is 0 Å². The molecule has 0 aliphatic carbocycles. The minimum atomic E-state index is -0.267. The number of urea groups is 1. The molecular formula is C24H25N3O2. The molecular weight excluding hydrogens is 362 g/mol. The first kappa shape index (κ1) is 20.1. The van der Waals surface area contributed by atoms with Crippen LogP contribution in [0.25, 0.3) is 0 Å². The van der Waals surface area contributed by atoms with Gasteiger partial charge in [0.2, 0.25) is 0 Å². The van der Waals surface area contributed by atoms with E-state index < -0.39 is 0 Å². The first-order valence-electron chi connectivity index (χ1n) is 9.68. The minimum absolute atomic E-state index is 0.0381. The lowest BCUT2D eigenvalue weighted by atomic mass is 10.1. The topological polar surface area (TPSA) is 70.2 Å². The van der Waals surface area contributed by atoms with Crippen molar-refractivity contribution in [1.82, 2.24) is 5.32 Å². The average Bonchev–Trinajstić information content (AvgIpc) is 2.74. The molecule has 3 rings (SSSR count). The molecule has 0 bridgehead atoms. The Morgan fingerprint density at radius 1 is 0.793 bits per heavy atom. The van der Waals surface area contributed by atoms with Gasteiger partial charge in [0.1, 0.15) is 0 Å². The predicted octanol–water partition coefficient (Wildman–Crippen LogP) is 5.08. The molecule has 1 atom stereocenters. The molecule has 5 nitrogen and oxygen atoms in total. The van der Waals surface area contributed by atoms with Crippen LogP contribution in [0.3, 0.4) is 0 Å². The molecule has 0 saturated heterocycles. The van der Waals surface area contributed by atoms with Gasteiger partial charge in [-0.15, -0.1) is 0 Å². The summed E-state index contributed by atoms with van der Waals surface area (Å²) < 4.78 is 0. The molecule has 0 aromatic heterocycles. The van der Waals surface area contributed by atoms with Crippen LogP contribution in [0.5, 0.6) is 0 Å². The van der Waals surface area contributed by atoms with Crippen molar-refractivity contribution in [2.24, 2.45) is 0 Å². The normalized spacial score (nSPS) is 11.3. The highest BCUT2D eigenvalue weighted by Gasteiger charge is 2.09. The van der Waals surface area contributed by atoms with Gasteiger partial charge < -0.3 is 16.0 Å². The second kappa shape index (κ2) is 10.1. The maximum Gasteiger partial charge on any atom is 0.319 e. The van der Waals surface area contributed by atoms with E-state index in [0.29, 0.717) is 16.9 Å². The summed E-state index contributed by atoms with van der Waals surface area (Å²) in [6.45, 7) is 1.99. The number of benzene rings is 3. The van der Waals surface area contributed by atoms with Crippen LogP contribution in [0.4, 0.5) is 16.2 Å². The van der Waals surface area contributed by atoms with Crippen molar-refractivity contribution >= 4 is 23.3 Å². The number of aryl methyl sites for hydroxylation is 1. The zero-order chi connectivity index (χ0) is 20.5. The maximum atomic E-state index is 12.3. The molecule has 0 saturated carbocycles. The highest BCUT2D eigenvalue weighted by molar-refractivity contribution is 6.04. The number of anilines is 2. The van der Waals surface area contributed by atoms with Crippen LogP contribution in [0.15, 0.2) is 84.9 Å². The molecule has 0 radical (unpaired) electrons. The third-order valence-electron chi connectivity index (χ3n) is 4.50. The number of amides is 3. The number of carbonyl (C=O) groups is 2. The Kier molecular flexibility index (Phi) is 7.00. The molecule has 0 spiro atoms. The number of hydrogen-bond acceptors (Lipinski definition) is 2. The summed E-state index contributed by atoms with van der Waals surface area (Å²) in [6.07, 6.45) is 1.76. The fraction of sp³-hybridized carbons (Fsp3) is 0.167. The zero-order valence-electron chi connectivity index (χ0n) is 16.4. The summed E-state index contributed by atoms with van der Waals surface area (Å²) >= 11 is 0. The minimum Gasteiger partial charge on any atom is -0.335 e. The summed E-state index contributed by atoms with van der Waals surface area (Å²) in [5.41, 5.74) is 3.07. The van der Waals surface area contributed by atoms with Crippen molar-refractivity contribution in [3.8, 4) is 0 Å². The lowest BCUT2D eigenvalue weighted by Crippen LogP contribution is -2.36. The lowest BCUT2D eigenvalue weighted by molar-refractivity contribution is 0.102. The first-order valence-corrected chi connectivity index (χ1v) is 9.68. The van der Waals surface area contributed by atoms with E-state index in [0.717, 1.165) is 12.8 Å². The van der Waals surface area contributed by atoms with E-state index in [1.165, 1.54) is 5.56 Å². The van der Waals surface area contributed by atoms with Crippen LogP contribution in [0.2, 0.25) is 0 Å². The summed E-state index contributed by atoms with van der Waals surface area (Å²) in [5, 5.41) is 8.61. The smallest absolute Gasteiger partial charge is 0.319 e. The van der Waals surface area contributed by atoms with Crippen molar-refractivity contribution in [2.45, 2.75) is 25.8 Å². The molecule has 3 aromatic rings. The van der Waals surface area contributed by atoms with E-state index in [-0.39, 0.29) is 18.0 Å². The molecule has 0 aliphatic rings. The maximum absolute atomic E-state index is 12.3. The second-order valence-electron chi connectivity index (χ2n) is 6.92. The van der Waals surface area contributed by atoms with Gasteiger partial charge in [0.05, 0.1) is 0 Å². The van der Waals surface area contributed by atoms with Crippen molar-refractivity contribution in [2.75, 3.05) is 10.6 Å². The van der Waals surface area contributed by atoms with Gasteiger partial charge in [-0.2, -0.15) is 0 Å². The van der Waals surface area contributed by atoms with Crippen LogP contribution in [0, 0.1) is 0 Å². The summed E-state index contributed by atoms with van der Waals surface area (Å²) in [4.78, 5) is 24.6. The number of carbonyl (C=O) groups excluding carboxylic acids is 2. The van der Waals surface area contributed by atoms with Crippen molar-refractivity contribution in [1.29, 1.82) is 0 Å². The molecule has 0 fully saturated rings. The first-order chi connectivity index (χ1) is 14.1. The fourth-order valence-electron chi connectivity index (χ4n) is 2.96. The standard InChI is InChI=1S/C24H25N3O2/c1-18(15-16-19-9-4-2-5-10-19)25-24(29)27-22-14-8-13-21(17-22)26-23(28)20-11-6-3-7-12-20/h2-14,17-18H,15-16H2,1H3,(H,26,28)(H2,25,27,29). The van der Waals surface area contributed by atoms with Crippen LogP contribution in [0.1, 0.15) is 29.3 Å². The van der Waals surface area contributed by atoms with E-state index in [9.17, 15) is 9.59 Å². The van der Waals surface area contributed by atoms with Crippen molar-refractivity contribution < 1.29 is 9.59 Å². The largest absolute Gasteiger partial charge is 0.335 e. The van der Waals surface area contributed by atoms with Crippen LogP contribution < -0.4 is 16.0 Å². The van der Waals surface area contributed by atoms with Gasteiger partial charge in [0.15, 0.2) is 0 Å². The Morgan fingerprint density at radius 3 is 2.10 bits per heavy atom. The molecule has 0 aliphatic heterocycles. The Labute approximate surface area is 171 Å². The van der Waals surface area contributed by atoms with Crippen molar-refractivity contribution in [3.63, 3.8) is 0 Å². The highest BCUT2D eigenvalue weighted by atomic mass is 16.2. The van der Waals surface area contributed by atoms with E-state index in [2.05, 4.69) is 28.1 Å². The molecule has 5 heteroatoms. The van der Waals surface area contributed by atoms with E-state index in [4.69, 9.17) is 0 Å². The summed E-state index contributed by atoms with van der Waals surface area (Å²) in [6, 6.07) is 26.1. The van der Waals surface area contributed by atoms with Crippen LogP contribution in [-0.4, -0.2) is 18.0 Å². The van der Waals surface area contributed by atoms with Gasteiger partial charge in [-0.05, 0) is 55.7 Å². The number of hydrogen-bond donors (Lipinski definition) is 3. The Hall–Kier alpha value is -3.60. The van der Waals surface area contributed by atoms with Gasteiger partial charge in [0, 0.05) is 23.0 Å². The van der Waals surface area contributed by atoms with Crippen LogP contribution in [-0.2, 0) is 6.42 Å². The number of rotatable bonds is 7. The van der Waals surface area contributed by atoms with E-state index >= 15 is 0 Å². The van der Waals surface area contributed by atoms with Crippen molar-refractivity contribution in [3.05, 3.63) is 96.1 Å². The molecule has 29 heavy (non-hydrogen) atoms. The Balaban J connectivity index is 1.50. The molecule has 148 valence electrons. The third-order valence-corrected chi connectivity index (χ3v) is 4.50. The Bertz CT molecular complexity index is 943. The molecule has 3 amide bonds. The fourth-order valence-corrected chi connectivity index (χ4v) is 2.96. The SMILES string of the molecule is CC(CCc1ccccc1)NC(=O)Nc1cccc(NC(=O)c2ccccc2)c1. The van der Waals surface area contributed by atoms with E-state index in [1.807, 2.05) is 43.3 Å². The third kappa shape index (κ3) is 6.50. The summed E-state index contributed by atoms with van der Waals surface area (Å²) in [5.74, 6) is -0.193. The predicted molar refractivity (Wildman–Crippen MR) is 117 cm³/mol. The number of nitrogens with one attached hydrogen (secondary N) is 3. The Morgan fingerprint density at radius 2 is 1.41 bits per heavy atom. The molecule has 0 heterocycles. The lowest BCUT2D eigenvalue weighted by Gasteiger charge is -2.15. The average molecular weight is 387 g/mol. The molecule has 1 unspecified atom stereocenters. The van der Waals surface area contributed by atoms with E-state index in [1.54, 1.807) is 36.4 Å². The van der Waals surface area contributed by atoms with Gasteiger partial charge in [-0.3, -0.25) is 4.79 Å². The second-order valence-corrected chi connectivity index (χ2v) is 6.92. The summed E-state index contributed by atoms with van der Waals surface area (Å²) in [7, 11) is 0. The van der Waals surface area contributed by atoms with Gasteiger partial charge in [-0.1, -0.05) is 54.6 Å². The monoisotopic (exact) mass is 387 g/mol.